The van der Waals surface area contributed by atoms with E-state index in [1.54, 1.807) is 29.2 Å². The van der Waals surface area contributed by atoms with E-state index in [2.05, 4.69) is 9.64 Å². The van der Waals surface area contributed by atoms with Gasteiger partial charge in [-0.1, -0.05) is 13.8 Å². The lowest BCUT2D eigenvalue weighted by atomic mass is 10.2. The quantitative estimate of drug-likeness (QED) is 0.692. The zero-order valence-electron chi connectivity index (χ0n) is 15.8. The number of methoxy groups -OCH3 is 1. The molecule has 0 N–H and O–H groups in total. The molecule has 1 aromatic carbocycles. The molecule has 0 aromatic heterocycles. The summed E-state index contributed by atoms with van der Waals surface area (Å²) in [6.07, 6.45) is -0.222. The second-order valence-electron chi connectivity index (χ2n) is 6.66. The van der Waals surface area contributed by atoms with Crippen LogP contribution in [0.25, 0.3) is 0 Å². The van der Waals surface area contributed by atoms with Crippen LogP contribution in [0.4, 0.5) is 4.79 Å². The maximum absolute atomic E-state index is 11.9. The number of hydrogen-bond donors (Lipinski definition) is 0. The Balaban J connectivity index is 1.65. The summed E-state index contributed by atoms with van der Waals surface area (Å²) in [4.78, 5) is 27.3. The van der Waals surface area contributed by atoms with Crippen molar-refractivity contribution in [3.05, 3.63) is 29.8 Å². The van der Waals surface area contributed by atoms with Crippen LogP contribution in [-0.4, -0.2) is 74.9 Å². The van der Waals surface area contributed by atoms with Crippen molar-refractivity contribution >= 4 is 12.1 Å². The first-order chi connectivity index (χ1) is 12.5. The molecule has 0 unspecified atom stereocenters. The number of amides is 1. The number of carbonyl (C=O) groups excluding carboxylic acids is 2. The van der Waals surface area contributed by atoms with Gasteiger partial charge in [0.1, 0.15) is 12.4 Å². The van der Waals surface area contributed by atoms with E-state index in [0.29, 0.717) is 43.5 Å². The summed E-state index contributed by atoms with van der Waals surface area (Å²) in [7, 11) is 1.36. The fourth-order valence-corrected chi connectivity index (χ4v) is 2.58. The van der Waals surface area contributed by atoms with Gasteiger partial charge in [0.05, 0.1) is 19.3 Å². The number of nitrogens with zero attached hydrogens (tertiary/aromatic N) is 2. The molecule has 1 heterocycles. The third-order valence-corrected chi connectivity index (χ3v) is 4.12. The van der Waals surface area contributed by atoms with Crippen molar-refractivity contribution in [2.75, 3.05) is 53.0 Å². The van der Waals surface area contributed by atoms with Gasteiger partial charge in [-0.05, 0) is 30.2 Å². The lowest BCUT2D eigenvalue weighted by Crippen LogP contribution is -2.49. The average Bonchev–Trinajstić information content (AvgIpc) is 2.66. The van der Waals surface area contributed by atoms with Crippen LogP contribution in [-0.2, 0) is 9.47 Å². The van der Waals surface area contributed by atoms with Crippen LogP contribution < -0.4 is 4.74 Å². The molecule has 0 saturated carbocycles. The van der Waals surface area contributed by atoms with Gasteiger partial charge in [-0.2, -0.15) is 0 Å². The van der Waals surface area contributed by atoms with Gasteiger partial charge in [-0.15, -0.1) is 0 Å². The normalized spacial score (nSPS) is 15.0. The molecule has 1 aliphatic rings. The van der Waals surface area contributed by atoms with E-state index < -0.39 is 0 Å². The first-order valence-electron chi connectivity index (χ1n) is 8.95. The van der Waals surface area contributed by atoms with Crippen LogP contribution in [0.5, 0.6) is 5.75 Å². The molecule has 1 saturated heterocycles. The number of piperazine rings is 1. The minimum atomic E-state index is -0.360. The van der Waals surface area contributed by atoms with Crippen molar-refractivity contribution < 1.29 is 23.8 Å². The van der Waals surface area contributed by atoms with E-state index in [4.69, 9.17) is 9.47 Å². The van der Waals surface area contributed by atoms with E-state index in [9.17, 15) is 9.59 Å². The Kier molecular flexibility index (Phi) is 7.72. The molecule has 2 rings (SSSR count). The van der Waals surface area contributed by atoms with Crippen molar-refractivity contribution in [3.8, 4) is 5.75 Å². The second-order valence-corrected chi connectivity index (χ2v) is 6.66. The van der Waals surface area contributed by atoms with E-state index in [1.807, 2.05) is 13.8 Å². The predicted octanol–water partition coefficient (Wildman–Crippen LogP) is 2.26. The first-order valence-corrected chi connectivity index (χ1v) is 8.95. The van der Waals surface area contributed by atoms with Crippen LogP contribution in [0.3, 0.4) is 0 Å². The average molecular weight is 364 g/mol. The molecule has 0 atom stereocenters. The summed E-state index contributed by atoms with van der Waals surface area (Å²) in [6.45, 7) is 8.80. The Morgan fingerprint density at radius 1 is 1.08 bits per heavy atom. The number of carbonyl (C=O) groups is 2. The molecular weight excluding hydrogens is 336 g/mol. The summed E-state index contributed by atoms with van der Waals surface area (Å²) in [6, 6.07) is 6.88. The molecule has 0 spiro atoms. The fourth-order valence-electron chi connectivity index (χ4n) is 2.58. The maximum Gasteiger partial charge on any atom is 0.409 e. The molecule has 26 heavy (non-hydrogen) atoms. The van der Waals surface area contributed by atoms with Gasteiger partial charge in [-0.3, -0.25) is 4.90 Å². The summed E-state index contributed by atoms with van der Waals surface area (Å²) >= 11 is 0. The summed E-state index contributed by atoms with van der Waals surface area (Å²) in [5, 5.41) is 0. The molecule has 1 fully saturated rings. The Morgan fingerprint density at radius 3 is 2.31 bits per heavy atom. The lowest BCUT2D eigenvalue weighted by Gasteiger charge is -2.34. The van der Waals surface area contributed by atoms with Crippen LogP contribution in [0.15, 0.2) is 24.3 Å². The van der Waals surface area contributed by atoms with Crippen molar-refractivity contribution in [3.63, 3.8) is 0 Å². The van der Waals surface area contributed by atoms with Crippen molar-refractivity contribution in [2.45, 2.75) is 13.8 Å². The van der Waals surface area contributed by atoms with Crippen molar-refractivity contribution in [1.82, 2.24) is 9.80 Å². The van der Waals surface area contributed by atoms with Gasteiger partial charge >= 0.3 is 12.1 Å². The van der Waals surface area contributed by atoms with E-state index in [1.165, 1.54) is 7.11 Å². The minimum Gasteiger partial charge on any atom is -0.492 e. The van der Waals surface area contributed by atoms with Crippen LogP contribution in [0, 0.1) is 5.92 Å². The number of esters is 1. The van der Waals surface area contributed by atoms with Crippen molar-refractivity contribution in [2.24, 2.45) is 5.92 Å². The Labute approximate surface area is 154 Å². The number of benzene rings is 1. The fraction of sp³-hybridized carbons (Fsp3) is 0.579. The molecule has 1 aliphatic heterocycles. The van der Waals surface area contributed by atoms with E-state index in [0.717, 1.165) is 19.6 Å². The van der Waals surface area contributed by atoms with Crippen molar-refractivity contribution in [1.29, 1.82) is 0 Å². The largest absolute Gasteiger partial charge is 0.492 e. The van der Waals surface area contributed by atoms with Gasteiger partial charge in [0, 0.05) is 32.7 Å². The number of ether oxygens (including phenoxy) is 3. The van der Waals surface area contributed by atoms with E-state index in [-0.39, 0.29) is 12.1 Å². The monoisotopic (exact) mass is 364 g/mol. The molecule has 1 aromatic rings. The highest BCUT2D eigenvalue weighted by Gasteiger charge is 2.22. The van der Waals surface area contributed by atoms with Gasteiger partial charge in [0.2, 0.25) is 0 Å². The van der Waals surface area contributed by atoms with Gasteiger partial charge in [0.25, 0.3) is 0 Å². The highest BCUT2D eigenvalue weighted by molar-refractivity contribution is 5.89. The second kappa shape index (κ2) is 10.0. The topological polar surface area (TPSA) is 68.3 Å². The molecule has 7 nitrogen and oxygen atoms in total. The SMILES string of the molecule is COC(=O)c1ccc(OCCN2CCN(C(=O)OCC(C)C)CC2)cc1. The summed E-state index contributed by atoms with van der Waals surface area (Å²) in [5.41, 5.74) is 0.500. The highest BCUT2D eigenvalue weighted by atomic mass is 16.6. The summed E-state index contributed by atoms with van der Waals surface area (Å²) < 4.78 is 15.6. The standard InChI is InChI=1S/C19H28N2O5/c1-15(2)14-26-19(23)21-10-8-20(9-11-21)12-13-25-17-6-4-16(5-7-17)18(22)24-3/h4-7,15H,8-14H2,1-3H3. The lowest BCUT2D eigenvalue weighted by molar-refractivity contribution is 0.0600. The molecule has 1 amide bonds. The van der Waals surface area contributed by atoms with Crippen LogP contribution in [0.1, 0.15) is 24.2 Å². The zero-order chi connectivity index (χ0) is 18.9. The third-order valence-electron chi connectivity index (χ3n) is 4.12. The molecule has 0 radical (unpaired) electrons. The van der Waals surface area contributed by atoms with Gasteiger partial charge < -0.3 is 19.1 Å². The zero-order valence-corrected chi connectivity index (χ0v) is 15.8. The smallest absolute Gasteiger partial charge is 0.409 e. The van der Waals surface area contributed by atoms with Crippen LogP contribution >= 0.6 is 0 Å². The van der Waals surface area contributed by atoms with Gasteiger partial charge in [0.15, 0.2) is 0 Å². The number of hydrogen-bond acceptors (Lipinski definition) is 6. The minimum absolute atomic E-state index is 0.222. The first kappa shape index (κ1) is 20.0. The Hall–Kier alpha value is -2.28. The molecule has 0 bridgehead atoms. The molecular formula is C19H28N2O5. The molecule has 0 aliphatic carbocycles. The van der Waals surface area contributed by atoms with Gasteiger partial charge in [-0.25, -0.2) is 9.59 Å². The predicted molar refractivity (Wildman–Crippen MR) is 97.5 cm³/mol. The Morgan fingerprint density at radius 2 is 1.73 bits per heavy atom. The summed E-state index contributed by atoms with van der Waals surface area (Å²) in [5.74, 6) is 0.703. The van der Waals surface area contributed by atoms with Crippen LogP contribution in [0.2, 0.25) is 0 Å². The van der Waals surface area contributed by atoms with E-state index >= 15 is 0 Å². The Bertz CT molecular complexity index is 580. The highest BCUT2D eigenvalue weighted by Crippen LogP contribution is 2.13. The number of rotatable bonds is 7. The molecule has 7 heteroatoms. The maximum atomic E-state index is 11.9. The molecule has 144 valence electrons. The third kappa shape index (κ3) is 6.22.